The van der Waals surface area contributed by atoms with Gasteiger partial charge >= 0.3 is 17.8 Å². The second kappa shape index (κ2) is 9.30. The van der Waals surface area contributed by atoms with Gasteiger partial charge in [-0.05, 0) is 38.1 Å². The van der Waals surface area contributed by atoms with Crippen LogP contribution in [0.4, 0.5) is 26.3 Å². The lowest BCUT2D eigenvalue weighted by molar-refractivity contribution is -0.254. The lowest BCUT2D eigenvalue weighted by Crippen LogP contribution is -2.48. The number of rotatable bonds is 6. The summed E-state index contributed by atoms with van der Waals surface area (Å²) in [6.45, 7) is 2.61. The fraction of sp³-hybridized carbons (Fsp3) is 0.222. The summed E-state index contributed by atoms with van der Waals surface area (Å²) in [5.41, 5.74) is -1.86. The summed E-state index contributed by atoms with van der Waals surface area (Å²) < 4.78 is 96.2. The molecule has 12 heteroatoms. The van der Waals surface area contributed by atoms with Crippen LogP contribution in [0.5, 0.6) is 5.75 Å². The van der Waals surface area contributed by atoms with Crippen molar-refractivity contribution in [3.8, 4) is 26.9 Å². The standard InChI is InChI=1S/C27H18F6N2O2S2/c1-13-21(38-23(34-13)16-6-4-15(12-36)5-7-16)19-20(26(30,31)27(32,33)25(19,28)29)22-14(2)35-24(39-22)17-8-10-18(37-3)11-9-17/h4-12H,1-3H3. The normalized spacial score (nSPS) is 17.5. The highest BCUT2D eigenvalue weighted by molar-refractivity contribution is 7.17. The summed E-state index contributed by atoms with van der Waals surface area (Å²) in [7, 11) is 1.46. The first-order chi connectivity index (χ1) is 18.3. The quantitative estimate of drug-likeness (QED) is 0.170. The Morgan fingerprint density at radius 2 is 1.13 bits per heavy atom. The van der Waals surface area contributed by atoms with Gasteiger partial charge in [-0.25, -0.2) is 9.97 Å². The number of carbonyl (C=O) groups is 1. The molecule has 39 heavy (non-hydrogen) atoms. The van der Waals surface area contributed by atoms with E-state index in [1.165, 1.54) is 45.2 Å². The van der Waals surface area contributed by atoms with Crippen molar-refractivity contribution in [3.05, 3.63) is 75.2 Å². The van der Waals surface area contributed by atoms with Crippen LogP contribution in [-0.2, 0) is 0 Å². The lowest BCUT2D eigenvalue weighted by Gasteiger charge is -2.25. The molecular formula is C27H18F6N2O2S2. The maximum absolute atomic E-state index is 15.4. The van der Waals surface area contributed by atoms with Crippen LogP contribution in [0.15, 0.2) is 48.5 Å². The Morgan fingerprint density at radius 3 is 1.51 bits per heavy atom. The molecular weight excluding hydrogens is 562 g/mol. The number of allylic oxidation sites excluding steroid dienone is 2. The number of nitrogens with zero attached hydrogens (tertiary/aromatic N) is 2. The van der Waals surface area contributed by atoms with Gasteiger partial charge in [0.1, 0.15) is 22.1 Å². The highest BCUT2D eigenvalue weighted by atomic mass is 32.1. The Bertz CT molecular complexity index is 1610. The van der Waals surface area contributed by atoms with Gasteiger partial charge in [0.05, 0.1) is 39.4 Å². The minimum absolute atomic E-state index is 0.0849. The molecule has 0 aliphatic heterocycles. The first kappa shape index (κ1) is 27.1. The van der Waals surface area contributed by atoms with Crippen LogP contribution in [0.1, 0.15) is 31.5 Å². The second-order valence-electron chi connectivity index (χ2n) is 8.81. The largest absolute Gasteiger partial charge is 0.497 e. The molecule has 202 valence electrons. The van der Waals surface area contributed by atoms with Gasteiger partial charge < -0.3 is 4.74 Å². The maximum atomic E-state index is 15.4. The van der Waals surface area contributed by atoms with E-state index in [0.29, 0.717) is 51.4 Å². The topological polar surface area (TPSA) is 52.1 Å². The van der Waals surface area contributed by atoms with Crippen molar-refractivity contribution in [2.75, 3.05) is 7.11 Å². The highest BCUT2D eigenvalue weighted by Crippen LogP contribution is 2.66. The van der Waals surface area contributed by atoms with Gasteiger partial charge in [0.2, 0.25) is 0 Å². The van der Waals surface area contributed by atoms with Gasteiger partial charge in [-0.3, -0.25) is 4.79 Å². The number of benzene rings is 2. The molecule has 1 aliphatic carbocycles. The van der Waals surface area contributed by atoms with Crippen molar-refractivity contribution < 1.29 is 35.9 Å². The Balaban J connectivity index is 1.72. The summed E-state index contributed by atoms with van der Waals surface area (Å²) in [6.07, 6.45) is 0.611. The van der Waals surface area contributed by atoms with Gasteiger partial charge in [-0.15, -0.1) is 22.7 Å². The number of aldehydes is 1. The van der Waals surface area contributed by atoms with Gasteiger partial charge in [-0.2, -0.15) is 26.3 Å². The van der Waals surface area contributed by atoms with Crippen LogP contribution in [0.3, 0.4) is 0 Å². The zero-order valence-corrected chi connectivity index (χ0v) is 22.1. The molecule has 4 nitrogen and oxygen atoms in total. The van der Waals surface area contributed by atoms with Crippen LogP contribution in [0.2, 0.25) is 0 Å². The van der Waals surface area contributed by atoms with Crippen LogP contribution in [0, 0.1) is 13.8 Å². The number of ether oxygens (including phenoxy) is 1. The molecule has 0 atom stereocenters. The average Bonchev–Trinajstić information content (AvgIpc) is 3.51. The van der Waals surface area contributed by atoms with E-state index in [1.54, 1.807) is 24.3 Å². The van der Waals surface area contributed by atoms with Crippen molar-refractivity contribution in [1.29, 1.82) is 0 Å². The van der Waals surface area contributed by atoms with E-state index in [0.717, 1.165) is 0 Å². The molecule has 0 radical (unpaired) electrons. The fourth-order valence-corrected chi connectivity index (χ4v) is 6.59. The van der Waals surface area contributed by atoms with Crippen molar-refractivity contribution in [2.45, 2.75) is 31.6 Å². The molecule has 1 aliphatic rings. The van der Waals surface area contributed by atoms with E-state index in [2.05, 4.69) is 9.97 Å². The van der Waals surface area contributed by atoms with Crippen molar-refractivity contribution >= 4 is 40.1 Å². The number of halogens is 6. The van der Waals surface area contributed by atoms with E-state index in [4.69, 9.17) is 4.74 Å². The van der Waals surface area contributed by atoms with Crippen molar-refractivity contribution in [3.63, 3.8) is 0 Å². The van der Waals surface area contributed by atoms with Gasteiger partial charge in [0.15, 0.2) is 0 Å². The molecule has 2 aromatic heterocycles. The van der Waals surface area contributed by atoms with E-state index >= 15 is 17.6 Å². The van der Waals surface area contributed by atoms with E-state index in [-0.39, 0.29) is 21.4 Å². The summed E-state index contributed by atoms with van der Waals surface area (Å²) in [4.78, 5) is 18.5. The predicted molar refractivity (Wildman–Crippen MR) is 138 cm³/mol. The molecule has 5 rings (SSSR count). The molecule has 2 aromatic carbocycles. The molecule has 0 saturated carbocycles. The van der Waals surface area contributed by atoms with Gasteiger partial charge in [-0.1, -0.05) is 24.3 Å². The van der Waals surface area contributed by atoms with Crippen molar-refractivity contribution in [1.82, 2.24) is 9.97 Å². The molecule has 0 saturated heterocycles. The van der Waals surface area contributed by atoms with Crippen LogP contribution in [0.25, 0.3) is 32.3 Å². The molecule has 4 aromatic rings. The first-order valence-corrected chi connectivity index (χ1v) is 13.0. The molecule has 0 amide bonds. The third kappa shape index (κ3) is 4.08. The Morgan fingerprint density at radius 1 is 0.718 bits per heavy atom. The summed E-state index contributed by atoms with van der Waals surface area (Å²) in [6, 6.07) is 12.4. The Kier molecular flexibility index (Phi) is 6.46. The van der Waals surface area contributed by atoms with Crippen LogP contribution in [-0.4, -0.2) is 41.1 Å². The number of methoxy groups -OCH3 is 1. The summed E-state index contributed by atoms with van der Waals surface area (Å²) >= 11 is 1.24. The summed E-state index contributed by atoms with van der Waals surface area (Å²) in [5.74, 6) is -15.6. The van der Waals surface area contributed by atoms with E-state index in [9.17, 15) is 13.6 Å². The number of alkyl halides is 6. The zero-order valence-electron chi connectivity index (χ0n) is 20.5. The second-order valence-corrected chi connectivity index (χ2v) is 10.8. The highest BCUT2D eigenvalue weighted by Gasteiger charge is 2.81. The Labute approximate surface area is 226 Å². The zero-order chi connectivity index (χ0) is 28.3. The minimum Gasteiger partial charge on any atom is -0.497 e. The van der Waals surface area contributed by atoms with E-state index < -0.39 is 38.7 Å². The van der Waals surface area contributed by atoms with Gasteiger partial charge in [0.25, 0.3) is 0 Å². The first-order valence-electron chi connectivity index (χ1n) is 11.4. The smallest absolute Gasteiger partial charge is 0.380 e. The molecule has 0 spiro atoms. The van der Waals surface area contributed by atoms with Crippen LogP contribution < -0.4 is 4.74 Å². The number of aryl methyl sites for hydroxylation is 2. The number of hydrogen-bond acceptors (Lipinski definition) is 6. The number of aromatic nitrogens is 2. The number of hydrogen-bond donors (Lipinski definition) is 0. The maximum Gasteiger partial charge on any atom is 0.380 e. The lowest BCUT2D eigenvalue weighted by atomic mass is 10.0. The molecule has 0 bridgehead atoms. The fourth-order valence-electron chi connectivity index (χ4n) is 4.28. The average molecular weight is 581 g/mol. The molecule has 0 fully saturated rings. The molecule has 2 heterocycles. The monoisotopic (exact) mass is 580 g/mol. The summed E-state index contributed by atoms with van der Waals surface area (Å²) in [5, 5.41) is 0.351. The van der Waals surface area contributed by atoms with Crippen LogP contribution >= 0.6 is 22.7 Å². The number of carbonyl (C=O) groups excluding carboxylic acids is 1. The predicted octanol–water partition coefficient (Wildman–Crippen LogP) is 8.20. The Hall–Kier alpha value is -3.51. The van der Waals surface area contributed by atoms with E-state index in [1.807, 2.05) is 0 Å². The van der Waals surface area contributed by atoms with Crippen molar-refractivity contribution in [2.24, 2.45) is 0 Å². The number of thiazole rings is 2. The third-order valence-electron chi connectivity index (χ3n) is 6.34. The molecule has 0 unspecified atom stereocenters. The SMILES string of the molecule is COc1ccc(-c2nc(C)c(C3=C(c4sc(-c5ccc(C=O)cc5)nc4C)C(F)(F)C(F)(F)C3(F)F)s2)cc1. The van der Waals surface area contributed by atoms with Gasteiger partial charge in [0, 0.05) is 16.7 Å². The molecule has 0 N–H and O–H groups in total. The minimum atomic E-state index is -5.69. The third-order valence-corrected chi connectivity index (χ3v) is 8.79.